The van der Waals surface area contributed by atoms with Gasteiger partial charge in [0.05, 0.1) is 7.11 Å². The molecule has 0 N–H and O–H groups in total. The van der Waals surface area contributed by atoms with Crippen molar-refractivity contribution in [2.24, 2.45) is 4.99 Å². The summed E-state index contributed by atoms with van der Waals surface area (Å²) in [4.78, 5) is 16.7. The molecule has 0 aromatic heterocycles. The first kappa shape index (κ1) is 19.5. The van der Waals surface area contributed by atoms with Gasteiger partial charge in [0.2, 0.25) is 5.90 Å². The average Bonchev–Trinajstić information content (AvgIpc) is 3.13. The third kappa shape index (κ3) is 4.25. The normalized spacial score (nSPS) is 14.4. The average molecular weight is 399 g/mol. The van der Waals surface area contributed by atoms with Crippen molar-refractivity contribution in [1.82, 2.24) is 0 Å². The number of aliphatic imine (C=N–C) groups is 1. The van der Waals surface area contributed by atoms with Crippen LogP contribution in [0.5, 0.6) is 11.5 Å². The van der Waals surface area contributed by atoms with Gasteiger partial charge in [0.25, 0.3) is 0 Å². The van der Waals surface area contributed by atoms with E-state index in [9.17, 15) is 4.79 Å². The highest BCUT2D eigenvalue weighted by Gasteiger charge is 2.25. The summed E-state index contributed by atoms with van der Waals surface area (Å²) in [6.45, 7) is 2.36. The molecular weight excluding hydrogens is 378 g/mol. The van der Waals surface area contributed by atoms with Crippen LogP contribution in [-0.4, -0.2) is 19.0 Å². The lowest BCUT2D eigenvalue weighted by Crippen LogP contribution is -2.06. The highest BCUT2D eigenvalue weighted by atomic mass is 16.6. The van der Waals surface area contributed by atoms with Crippen molar-refractivity contribution in [2.45, 2.75) is 13.5 Å². The molecule has 3 aromatic carbocycles. The van der Waals surface area contributed by atoms with Crippen LogP contribution in [0.4, 0.5) is 0 Å². The summed E-state index contributed by atoms with van der Waals surface area (Å²) in [5.74, 6) is 1.05. The zero-order valence-corrected chi connectivity index (χ0v) is 16.8. The van der Waals surface area contributed by atoms with E-state index in [-0.39, 0.29) is 5.70 Å². The number of methoxy groups -OCH3 is 1. The second-order valence-corrected chi connectivity index (χ2v) is 6.84. The van der Waals surface area contributed by atoms with E-state index in [0.29, 0.717) is 24.0 Å². The van der Waals surface area contributed by atoms with Crippen molar-refractivity contribution in [3.63, 3.8) is 0 Å². The van der Waals surface area contributed by atoms with Crippen LogP contribution in [0, 0.1) is 6.92 Å². The van der Waals surface area contributed by atoms with E-state index in [1.165, 1.54) is 0 Å². The summed E-state index contributed by atoms with van der Waals surface area (Å²) in [6, 6.07) is 23.0. The molecular formula is C25H21NO4. The number of nitrogens with zero attached hydrogens (tertiary/aromatic N) is 1. The number of carbonyl (C=O) groups excluding carboxylic acids is 1. The second kappa shape index (κ2) is 8.66. The molecule has 3 aromatic rings. The fraction of sp³-hybridized carbons (Fsp3) is 0.120. The molecule has 1 aliphatic heterocycles. The van der Waals surface area contributed by atoms with Gasteiger partial charge in [0.15, 0.2) is 17.2 Å². The SMILES string of the molecule is COc1ccc(/C=C2/N=C(c3ccccc3C)OC2=O)cc1OCc1ccccc1. The standard InChI is InChI=1S/C25H21NO4/c1-17-8-6-7-11-20(17)24-26-21(25(27)30-24)14-19-12-13-22(28-2)23(15-19)29-16-18-9-4-3-5-10-18/h3-15H,16H2,1-2H3/b21-14+. The lowest BCUT2D eigenvalue weighted by Gasteiger charge is -2.11. The number of cyclic esters (lactones) is 1. The molecule has 0 amide bonds. The van der Waals surface area contributed by atoms with E-state index in [0.717, 1.165) is 22.3 Å². The Morgan fingerprint density at radius 2 is 1.73 bits per heavy atom. The third-order valence-corrected chi connectivity index (χ3v) is 4.72. The van der Waals surface area contributed by atoms with E-state index >= 15 is 0 Å². The van der Waals surface area contributed by atoms with Gasteiger partial charge in [-0.25, -0.2) is 9.79 Å². The summed E-state index contributed by atoms with van der Waals surface area (Å²) in [6.07, 6.45) is 1.68. The minimum atomic E-state index is -0.476. The van der Waals surface area contributed by atoms with Crippen molar-refractivity contribution >= 4 is 17.9 Å². The number of hydrogen-bond donors (Lipinski definition) is 0. The number of benzene rings is 3. The monoisotopic (exact) mass is 399 g/mol. The van der Waals surface area contributed by atoms with Crippen LogP contribution in [-0.2, 0) is 16.1 Å². The summed E-state index contributed by atoms with van der Waals surface area (Å²) in [5, 5.41) is 0. The maximum atomic E-state index is 12.3. The Morgan fingerprint density at radius 1 is 0.967 bits per heavy atom. The zero-order valence-electron chi connectivity index (χ0n) is 16.8. The lowest BCUT2D eigenvalue weighted by atomic mass is 10.1. The minimum Gasteiger partial charge on any atom is -0.493 e. The Balaban J connectivity index is 1.60. The van der Waals surface area contributed by atoms with E-state index in [1.807, 2.05) is 73.7 Å². The maximum Gasteiger partial charge on any atom is 0.363 e. The van der Waals surface area contributed by atoms with Crippen LogP contribution in [0.3, 0.4) is 0 Å². The van der Waals surface area contributed by atoms with Crippen LogP contribution in [0.1, 0.15) is 22.3 Å². The number of aryl methyl sites for hydroxylation is 1. The molecule has 0 saturated heterocycles. The van der Waals surface area contributed by atoms with Crippen molar-refractivity contribution in [3.8, 4) is 11.5 Å². The smallest absolute Gasteiger partial charge is 0.363 e. The van der Waals surface area contributed by atoms with Crippen molar-refractivity contribution in [2.75, 3.05) is 7.11 Å². The molecule has 30 heavy (non-hydrogen) atoms. The zero-order chi connectivity index (χ0) is 20.9. The number of esters is 1. The van der Waals surface area contributed by atoms with Crippen molar-refractivity contribution in [1.29, 1.82) is 0 Å². The quantitative estimate of drug-likeness (QED) is 0.436. The first-order valence-corrected chi connectivity index (χ1v) is 9.57. The molecule has 0 radical (unpaired) electrons. The Hall–Kier alpha value is -3.86. The fourth-order valence-corrected chi connectivity index (χ4v) is 3.13. The molecule has 1 heterocycles. The van der Waals surface area contributed by atoms with Crippen LogP contribution in [0.2, 0.25) is 0 Å². The number of ether oxygens (including phenoxy) is 3. The molecule has 0 aliphatic carbocycles. The predicted molar refractivity (Wildman–Crippen MR) is 116 cm³/mol. The molecule has 5 nitrogen and oxygen atoms in total. The summed E-state index contributed by atoms with van der Waals surface area (Å²) in [7, 11) is 1.59. The number of rotatable bonds is 6. The van der Waals surface area contributed by atoms with Crippen LogP contribution in [0.15, 0.2) is 83.5 Å². The molecule has 5 heteroatoms. The van der Waals surface area contributed by atoms with Gasteiger partial charge >= 0.3 is 5.97 Å². The third-order valence-electron chi connectivity index (χ3n) is 4.72. The summed E-state index contributed by atoms with van der Waals surface area (Å²) in [5.41, 5.74) is 3.85. The fourth-order valence-electron chi connectivity index (χ4n) is 3.13. The lowest BCUT2D eigenvalue weighted by molar-refractivity contribution is -0.129. The molecule has 4 rings (SSSR count). The molecule has 0 bridgehead atoms. The molecule has 0 saturated carbocycles. The van der Waals surface area contributed by atoms with Gasteiger partial charge in [-0.1, -0.05) is 54.6 Å². The molecule has 0 fully saturated rings. The van der Waals surface area contributed by atoms with Gasteiger partial charge < -0.3 is 14.2 Å². The highest BCUT2D eigenvalue weighted by Crippen LogP contribution is 2.30. The predicted octanol–water partition coefficient (Wildman–Crippen LogP) is 4.93. The molecule has 1 aliphatic rings. The Bertz CT molecular complexity index is 1130. The molecule has 0 spiro atoms. The first-order valence-electron chi connectivity index (χ1n) is 9.57. The Kier molecular flexibility index (Phi) is 5.61. The minimum absolute atomic E-state index is 0.243. The number of hydrogen-bond acceptors (Lipinski definition) is 5. The van der Waals surface area contributed by atoms with Gasteiger partial charge in [0, 0.05) is 5.56 Å². The summed E-state index contributed by atoms with van der Waals surface area (Å²) < 4.78 is 16.7. The van der Waals surface area contributed by atoms with E-state index < -0.39 is 5.97 Å². The van der Waals surface area contributed by atoms with E-state index in [2.05, 4.69) is 4.99 Å². The molecule has 0 unspecified atom stereocenters. The van der Waals surface area contributed by atoms with Gasteiger partial charge in [-0.2, -0.15) is 0 Å². The second-order valence-electron chi connectivity index (χ2n) is 6.84. The van der Waals surface area contributed by atoms with Gasteiger partial charge in [-0.05, 0) is 47.9 Å². The first-order chi connectivity index (χ1) is 14.6. The van der Waals surface area contributed by atoms with Gasteiger partial charge in [-0.3, -0.25) is 0 Å². The number of carbonyl (C=O) groups is 1. The molecule has 150 valence electrons. The summed E-state index contributed by atoms with van der Waals surface area (Å²) >= 11 is 0. The van der Waals surface area contributed by atoms with E-state index in [4.69, 9.17) is 14.2 Å². The Morgan fingerprint density at radius 3 is 2.50 bits per heavy atom. The van der Waals surface area contributed by atoms with Gasteiger partial charge in [0.1, 0.15) is 6.61 Å². The van der Waals surface area contributed by atoms with Crippen molar-refractivity contribution in [3.05, 3.63) is 101 Å². The Labute approximate surface area is 175 Å². The topological polar surface area (TPSA) is 57.1 Å². The van der Waals surface area contributed by atoms with Crippen LogP contribution < -0.4 is 9.47 Å². The van der Waals surface area contributed by atoms with E-state index in [1.54, 1.807) is 19.3 Å². The van der Waals surface area contributed by atoms with Crippen LogP contribution >= 0.6 is 0 Å². The molecule has 0 atom stereocenters. The maximum absolute atomic E-state index is 12.3. The van der Waals surface area contributed by atoms with Crippen molar-refractivity contribution < 1.29 is 19.0 Å². The van der Waals surface area contributed by atoms with Crippen LogP contribution in [0.25, 0.3) is 6.08 Å². The van der Waals surface area contributed by atoms with Gasteiger partial charge in [-0.15, -0.1) is 0 Å². The highest BCUT2D eigenvalue weighted by molar-refractivity contribution is 6.13. The largest absolute Gasteiger partial charge is 0.493 e.